The summed E-state index contributed by atoms with van der Waals surface area (Å²) in [7, 11) is 0. The molecule has 0 spiro atoms. The van der Waals surface area contributed by atoms with Crippen molar-refractivity contribution < 1.29 is 13.9 Å². The fraction of sp³-hybridized carbons (Fsp3) is 0.562. The maximum absolute atomic E-state index is 13.0. The average Bonchev–Trinajstić information content (AvgIpc) is 2.33. The lowest BCUT2D eigenvalue weighted by Crippen LogP contribution is -2.36. The van der Waals surface area contributed by atoms with Crippen LogP contribution >= 0.6 is 0 Å². The summed E-state index contributed by atoms with van der Waals surface area (Å²) in [5.41, 5.74) is 0.547. The van der Waals surface area contributed by atoms with Crippen LogP contribution in [0.5, 0.6) is 0 Å². The van der Waals surface area contributed by atoms with Crippen molar-refractivity contribution in [2.24, 2.45) is 5.92 Å². The predicted octanol–water partition coefficient (Wildman–Crippen LogP) is 3.45. The Kier molecular flexibility index (Phi) is 5.69. The van der Waals surface area contributed by atoms with Gasteiger partial charge in [-0.05, 0) is 44.4 Å². The molecule has 0 heterocycles. The smallest absolute Gasteiger partial charge is 0.246 e. The van der Waals surface area contributed by atoms with Gasteiger partial charge in [0.25, 0.3) is 0 Å². The minimum Gasteiger partial charge on any atom is -0.366 e. The zero-order valence-corrected chi connectivity index (χ0v) is 12.9. The number of carbonyl (C=O) groups is 1. The van der Waals surface area contributed by atoms with Crippen molar-refractivity contribution in [2.75, 3.05) is 6.61 Å². The molecule has 20 heavy (non-hydrogen) atoms. The highest BCUT2D eigenvalue weighted by Crippen LogP contribution is 2.22. The Morgan fingerprint density at radius 1 is 1.25 bits per heavy atom. The number of halogens is 1. The Labute approximate surface area is 120 Å². The molecule has 0 aliphatic carbocycles. The molecule has 0 bridgehead atoms. The molecule has 112 valence electrons. The molecule has 1 amide bonds. The van der Waals surface area contributed by atoms with Gasteiger partial charge in [-0.25, -0.2) is 4.39 Å². The summed E-state index contributed by atoms with van der Waals surface area (Å²) in [6.07, 6.45) is 0. The molecule has 0 aliphatic heterocycles. The van der Waals surface area contributed by atoms with Crippen LogP contribution in [-0.4, -0.2) is 18.1 Å². The van der Waals surface area contributed by atoms with E-state index >= 15 is 0 Å². The molecular formula is C16H24FNO2. The average molecular weight is 281 g/mol. The van der Waals surface area contributed by atoms with Crippen molar-refractivity contribution in [2.45, 2.75) is 46.3 Å². The summed E-state index contributed by atoms with van der Waals surface area (Å²) in [6, 6.07) is 6.06. The molecule has 1 unspecified atom stereocenters. The van der Waals surface area contributed by atoms with E-state index in [0.717, 1.165) is 5.56 Å². The van der Waals surface area contributed by atoms with Crippen LogP contribution in [0.3, 0.4) is 0 Å². The fourth-order valence-electron chi connectivity index (χ4n) is 1.80. The van der Waals surface area contributed by atoms with E-state index in [2.05, 4.69) is 5.32 Å². The van der Waals surface area contributed by atoms with E-state index in [4.69, 9.17) is 4.74 Å². The number of ether oxygens (including phenoxy) is 1. The van der Waals surface area contributed by atoms with E-state index in [1.807, 2.05) is 34.6 Å². The Morgan fingerprint density at radius 2 is 1.80 bits per heavy atom. The summed E-state index contributed by atoms with van der Waals surface area (Å²) in [4.78, 5) is 11.9. The Hall–Kier alpha value is -1.42. The molecule has 1 atom stereocenters. The molecule has 1 rings (SSSR count). The first-order valence-electron chi connectivity index (χ1n) is 6.88. The highest BCUT2D eigenvalue weighted by Gasteiger charge is 2.20. The van der Waals surface area contributed by atoms with Gasteiger partial charge in [-0.1, -0.05) is 26.0 Å². The van der Waals surface area contributed by atoms with Crippen LogP contribution in [0, 0.1) is 11.7 Å². The summed E-state index contributed by atoms with van der Waals surface area (Å²) < 4.78 is 18.4. The van der Waals surface area contributed by atoms with Crippen molar-refractivity contribution in [1.82, 2.24) is 5.32 Å². The topological polar surface area (TPSA) is 38.3 Å². The zero-order chi connectivity index (χ0) is 15.3. The molecule has 3 nitrogen and oxygen atoms in total. The Balaban J connectivity index is 2.68. The molecule has 0 aromatic heterocycles. The van der Waals surface area contributed by atoms with Crippen LogP contribution in [0.25, 0.3) is 0 Å². The van der Waals surface area contributed by atoms with Crippen molar-refractivity contribution >= 4 is 5.91 Å². The summed E-state index contributed by atoms with van der Waals surface area (Å²) in [5, 5.41) is 2.94. The van der Waals surface area contributed by atoms with E-state index in [1.165, 1.54) is 12.1 Å². The number of rotatable bonds is 5. The standard InChI is InChI=1S/C16H24FNO2/c1-11(2)15(12-6-8-13(17)9-7-12)18-14(19)10-20-16(3,4)5/h6-9,11,15H,10H2,1-5H3,(H,18,19). The van der Waals surface area contributed by atoms with Crippen LogP contribution < -0.4 is 5.32 Å². The second-order valence-corrected chi connectivity index (χ2v) is 6.24. The van der Waals surface area contributed by atoms with E-state index < -0.39 is 0 Å². The van der Waals surface area contributed by atoms with Crippen LogP contribution in [-0.2, 0) is 9.53 Å². The molecule has 1 N–H and O–H groups in total. The third-order valence-electron chi connectivity index (χ3n) is 2.85. The van der Waals surface area contributed by atoms with Crippen LogP contribution in [0.15, 0.2) is 24.3 Å². The van der Waals surface area contributed by atoms with Gasteiger partial charge in [0.1, 0.15) is 12.4 Å². The van der Waals surface area contributed by atoms with E-state index in [0.29, 0.717) is 0 Å². The molecule has 4 heteroatoms. The molecule has 0 aliphatic rings. The normalized spacial score (nSPS) is 13.3. The highest BCUT2D eigenvalue weighted by molar-refractivity contribution is 5.77. The summed E-state index contributed by atoms with van der Waals surface area (Å²) in [5.74, 6) is -0.236. The SMILES string of the molecule is CC(C)C(NC(=O)COC(C)(C)C)c1ccc(F)cc1. The first-order chi connectivity index (χ1) is 9.19. The molecule has 0 fully saturated rings. The van der Waals surface area contributed by atoms with Gasteiger partial charge in [0, 0.05) is 0 Å². The first-order valence-corrected chi connectivity index (χ1v) is 6.88. The monoisotopic (exact) mass is 281 g/mol. The third kappa shape index (κ3) is 5.70. The van der Waals surface area contributed by atoms with Gasteiger partial charge in [-0.3, -0.25) is 4.79 Å². The minimum atomic E-state index is -0.347. The van der Waals surface area contributed by atoms with Gasteiger partial charge in [-0.15, -0.1) is 0 Å². The number of amides is 1. The van der Waals surface area contributed by atoms with Crippen LogP contribution in [0.4, 0.5) is 4.39 Å². The van der Waals surface area contributed by atoms with Crippen molar-refractivity contribution in [3.8, 4) is 0 Å². The largest absolute Gasteiger partial charge is 0.366 e. The fourth-order valence-corrected chi connectivity index (χ4v) is 1.80. The zero-order valence-electron chi connectivity index (χ0n) is 12.9. The Bertz CT molecular complexity index is 435. The predicted molar refractivity (Wildman–Crippen MR) is 77.8 cm³/mol. The van der Waals surface area contributed by atoms with Gasteiger partial charge in [0.2, 0.25) is 5.91 Å². The second kappa shape index (κ2) is 6.84. The number of carbonyl (C=O) groups excluding carboxylic acids is 1. The molecule has 0 saturated carbocycles. The lowest BCUT2D eigenvalue weighted by Gasteiger charge is -2.24. The lowest BCUT2D eigenvalue weighted by molar-refractivity contribution is -0.131. The molecule has 0 saturated heterocycles. The van der Waals surface area contributed by atoms with Gasteiger partial charge in [0.05, 0.1) is 11.6 Å². The van der Waals surface area contributed by atoms with E-state index in [1.54, 1.807) is 12.1 Å². The van der Waals surface area contributed by atoms with E-state index in [-0.39, 0.29) is 35.9 Å². The quantitative estimate of drug-likeness (QED) is 0.897. The van der Waals surface area contributed by atoms with Crippen molar-refractivity contribution in [1.29, 1.82) is 0 Å². The number of hydrogen-bond donors (Lipinski definition) is 1. The summed E-state index contributed by atoms with van der Waals surface area (Å²) >= 11 is 0. The van der Waals surface area contributed by atoms with Gasteiger partial charge in [-0.2, -0.15) is 0 Å². The van der Waals surface area contributed by atoms with Crippen LogP contribution in [0.2, 0.25) is 0 Å². The lowest BCUT2D eigenvalue weighted by atomic mass is 9.96. The maximum Gasteiger partial charge on any atom is 0.246 e. The van der Waals surface area contributed by atoms with Gasteiger partial charge in [0.15, 0.2) is 0 Å². The van der Waals surface area contributed by atoms with Crippen molar-refractivity contribution in [3.05, 3.63) is 35.6 Å². The number of benzene rings is 1. The highest BCUT2D eigenvalue weighted by atomic mass is 19.1. The molecular weight excluding hydrogens is 257 g/mol. The summed E-state index contributed by atoms with van der Waals surface area (Å²) in [6.45, 7) is 9.76. The first kappa shape index (κ1) is 16.6. The number of hydrogen-bond acceptors (Lipinski definition) is 2. The molecule has 0 radical (unpaired) electrons. The Morgan fingerprint density at radius 3 is 2.25 bits per heavy atom. The van der Waals surface area contributed by atoms with Gasteiger partial charge < -0.3 is 10.1 Å². The molecule has 1 aromatic carbocycles. The second-order valence-electron chi connectivity index (χ2n) is 6.24. The van der Waals surface area contributed by atoms with Crippen molar-refractivity contribution in [3.63, 3.8) is 0 Å². The van der Waals surface area contributed by atoms with Crippen LogP contribution in [0.1, 0.15) is 46.2 Å². The van der Waals surface area contributed by atoms with E-state index in [9.17, 15) is 9.18 Å². The molecule has 1 aromatic rings. The number of nitrogens with one attached hydrogen (secondary N) is 1. The minimum absolute atomic E-state index is 0.0217. The van der Waals surface area contributed by atoms with Gasteiger partial charge >= 0.3 is 0 Å². The maximum atomic E-state index is 13.0. The third-order valence-corrected chi connectivity index (χ3v) is 2.85.